The number of nitrogens with two attached hydrogens (primary N) is 1. The number of rotatable bonds is 6. The molecule has 1 aliphatic heterocycles. The molecule has 3 heterocycles. The molecule has 4 atom stereocenters. The zero-order valence-corrected chi connectivity index (χ0v) is 17.5. The minimum Gasteiger partial charge on any atom is -0.398 e. The molecule has 1 aliphatic rings. The lowest BCUT2D eigenvalue weighted by Gasteiger charge is -2.16. The first-order chi connectivity index (χ1) is 14.0. The molecular formula is C18H21IN6O4. The fourth-order valence-corrected chi connectivity index (χ4v) is 3.91. The number of hydrogen-bond acceptors (Lipinski definition) is 9. The lowest BCUT2D eigenvalue weighted by molar-refractivity contribution is -0.0511. The Hall–Kier alpha value is -2.06. The molecule has 6 N–H and O–H groups in total. The van der Waals surface area contributed by atoms with E-state index in [0.717, 1.165) is 21.2 Å². The molecule has 0 radical (unpaired) electrons. The number of hydrogen-bond donors (Lipinski definition) is 5. The standard InChI is InChI=1S/C18H21IN6O4/c19-10-5-9(1-2-11(10)20)3-4-21-16-13-17(23-7-22-16)25(8-24-13)18-15(28)14(27)12(6-26)29-18/h1-2,5,7-8,12,14-15,18,26-28H,3-4,6,20H2,(H,21,22,23)/t12-,14-,15-,18+/m1/s1. The van der Waals surface area contributed by atoms with Crippen LogP contribution in [0.1, 0.15) is 11.8 Å². The average molecular weight is 512 g/mol. The summed E-state index contributed by atoms with van der Waals surface area (Å²) in [5.74, 6) is 0.561. The van der Waals surface area contributed by atoms with Gasteiger partial charge in [-0.05, 0) is 46.7 Å². The Labute approximate surface area is 179 Å². The monoisotopic (exact) mass is 512 g/mol. The van der Waals surface area contributed by atoms with Gasteiger partial charge in [-0.1, -0.05) is 6.07 Å². The first-order valence-corrected chi connectivity index (χ1v) is 10.1. The van der Waals surface area contributed by atoms with Crippen LogP contribution in [0.2, 0.25) is 0 Å². The first kappa shape index (κ1) is 20.2. The molecule has 1 aromatic carbocycles. The van der Waals surface area contributed by atoms with Gasteiger partial charge in [-0.25, -0.2) is 15.0 Å². The molecule has 1 fully saturated rings. The fraction of sp³-hybridized carbons (Fsp3) is 0.389. The minimum atomic E-state index is -1.20. The summed E-state index contributed by atoms with van der Waals surface area (Å²) in [6.07, 6.45) is -0.504. The highest BCUT2D eigenvalue weighted by atomic mass is 127. The predicted octanol–water partition coefficient (Wildman–Crippen LogP) is 0.279. The summed E-state index contributed by atoms with van der Waals surface area (Å²) in [5.41, 5.74) is 8.75. The van der Waals surface area contributed by atoms with E-state index in [1.165, 1.54) is 17.2 Å². The van der Waals surface area contributed by atoms with Crippen LogP contribution in [-0.4, -0.2) is 66.3 Å². The van der Waals surface area contributed by atoms with Gasteiger partial charge in [-0.3, -0.25) is 4.57 Å². The molecule has 29 heavy (non-hydrogen) atoms. The summed E-state index contributed by atoms with van der Waals surface area (Å²) in [4.78, 5) is 12.9. The molecule has 11 heteroatoms. The lowest BCUT2D eigenvalue weighted by Crippen LogP contribution is -2.33. The second-order valence-corrected chi connectivity index (χ2v) is 7.97. The average Bonchev–Trinajstić information content (AvgIpc) is 3.26. The van der Waals surface area contributed by atoms with Crippen LogP contribution in [0.3, 0.4) is 0 Å². The Morgan fingerprint density at radius 3 is 2.76 bits per heavy atom. The van der Waals surface area contributed by atoms with Gasteiger partial charge in [0.1, 0.15) is 24.6 Å². The Balaban J connectivity index is 1.51. The van der Waals surface area contributed by atoms with Crippen LogP contribution in [0.15, 0.2) is 30.9 Å². The summed E-state index contributed by atoms with van der Waals surface area (Å²) in [7, 11) is 0. The largest absolute Gasteiger partial charge is 0.398 e. The van der Waals surface area contributed by atoms with Gasteiger partial charge >= 0.3 is 0 Å². The molecule has 1 saturated heterocycles. The van der Waals surface area contributed by atoms with Crippen LogP contribution in [0.4, 0.5) is 11.5 Å². The number of imidazole rings is 1. The van der Waals surface area contributed by atoms with E-state index in [4.69, 9.17) is 10.5 Å². The molecule has 4 rings (SSSR count). The number of fused-ring (bicyclic) bond motifs is 1. The van der Waals surface area contributed by atoms with Crippen LogP contribution in [0.5, 0.6) is 0 Å². The number of halogens is 1. The van der Waals surface area contributed by atoms with Crippen molar-refractivity contribution >= 4 is 45.3 Å². The van der Waals surface area contributed by atoms with Gasteiger partial charge in [0, 0.05) is 15.8 Å². The number of nitrogens with zero attached hydrogens (tertiary/aromatic N) is 4. The quantitative estimate of drug-likeness (QED) is 0.232. The first-order valence-electron chi connectivity index (χ1n) is 9.07. The number of aliphatic hydroxyl groups is 3. The number of aliphatic hydroxyl groups excluding tert-OH is 3. The highest BCUT2D eigenvalue weighted by Crippen LogP contribution is 2.32. The van der Waals surface area contributed by atoms with Crippen molar-refractivity contribution in [2.24, 2.45) is 0 Å². The molecule has 0 aliphatic carbocycles. The van der Waals surface area contributed by atoms with E-state index in [1.807, 2.05) is 18.2 Å². The molecule has 0 unspecified atom stereocenters. The van der Waals surface area contributed by atoms with Crippen molar-refractivity contribution in [1.29, 1.82) is 0 Å². The Kier molecular flexibility index (Phi) is 5.83. The Bertz CT molecular complexity index is 1020. The molecule has 10 nitrogen and oxygen atoms in total. The number of nitrogens with one attached hydrogen (secondary N) is 1. The van der Waals surface area contributed by atoms with Crippen molar-refractivity contribution in [2.45, 2.75) is 31.0 Å². The lowest BCUT2D eigenvalue weighted by atomic mass is 10.1. The number of ether oxygens (including phenoxy) is 1. The van der Waals surface area contributed by atoms with Crippen molar-refractivity contribution < 1.29 is 20.1 Å². The van der Waals surface area contributed by atoms with Gasteiger partial charge < -0.3 is 31.1 Å². The molecule has 0 bridgehead atoms. The Morgan fingerprint density at radius 1 is 1.21 bits per heavy atom. The van der Waals surface area contributed by atoms with Crippen molar-refractivity contribution in [3.8, 4) is 0 Å². The van der Waals surface area contributed by atoms with Crippen LogP contribution in [-0.2, 0) is 11.2 Å². The summed E-state index contributed by atoms with van der Waals surface area (Å²) in [6.45, 7) is 0.236. The van der Waals surface area contributed by atoms with E-state index >= 15 is 0 Å². The smallest absolute Gasteiger partial charge is 0.167 e. The minimum absolute atomic E-state index is 0.396. The van der Waals surface area contributed by atoms with E-state index in [0.29, 0.717) is 23.5 Å². The van der Waals surface area contributed by atoms with Gasteiger partial charge in [0.2, 0.25) is 0 Å². The van der Waals surface area contributed by atoms with Crippen LogP contribution in [0.25, 0.3) is 11.2 Å². The summed E-state index contributed by atoms with van der Waals surface area (Å²) < 4.78 is 8.12. The van der Waals surface area contributed by atoms with Gasteiger partial charge in [0.05, 0.1) is 12.9 Å². The number of benzene rings is 1. The van der Waals surface area contributed by atoms with Crippen LogP contribution in [0, 0.1) is 3.57 Å². The van der Waals surface area contributed by atoms with E-state index < -0.39 is 31.1 Å². The molecular weight excluding hydrogens is 491 g/mol. The Morgan fingerprint density at radius 2 is 2.03 bits per heavy atom. The maximum absolute atomic E-state index is 10.3. The summed E-state index contributed by atoms with van der Waals surface area (Å²) in [5, 5.41) is 32.8. The van der Waals surface area contributed by atoms with E-state index in [1.54, 1.807) is 0 Å². The van der Waals surface area contributed by atoms with Gasteiger partial charge in [0.15, 0.2) is 23.2 Å². The van der Waals surface area contributed by atoms with Gasteiger partial charge in [-0.2, -0.15) is 0 Å². The summed E-state index contributed by atoms with van der Waals surface area (Å²) >= 11 is 2.21. The van der Waals surface area contributed by atoms with Gasteiger partial charge in [0.25, 0.3) is 0 Å². The molecule has 154 valence electrons. The zero-order valence-electron chi connectivity index (χ0n) is 15.3. The number of nitrogen functional groups attached to an aromatic ring is 1. The zero-order chi connectivity index (χ0) is 20.5. The van der Waals surface area contributed by atoms with Crippen LogP contribution >= 0.6 is 22.6 Å². The SMILES string of the molecule is Nc1ccc(CCNc2ncnc3c2ncn3[C@H]2O[C@H](CO)[C@@H](O)[C@H]2O)cc1I. The van der Waals surface area contributed by atoms with E-state index in [-0.39, 0.29) is 0 Å². The second-order valence-electron chi connectivity index (χ2n) is 6.81. The topological polar surface area (TPSA) is 152 Å². The maximum Gasteiger partial charge on any atom is 0.167 e. The van der Waals surface area contributed by atoms with Crippen molar-refractivity contribution in [1.82, 2.24) is 19.5 Å². The molecule has 0 spiro atoms. The normalized spacial score (nSPS) is 24.3. The van der Waals surface area contributed by atoms with Crippen molar-refractivity contribution in [3.63, 3.8) is 0 Å². The molecule has 3 aromatic rings. The molecule has 0 saturated carbocycles. The van der Waals surface area contributed by atoms with Gasteiger partial charge in [-0.15, -0.1) is 0 Å². The van der Waals surface area contributed by atoms with Crippen molar-refractivity contribution in [2.75, 3.05) is 24.2 Å². The third-order valence-corrected chi connectivity index (χ3v) is 5.86. The maximum atomic E-state index is 10.3. The van der Waals surface area contributed by atoms with Crippen molar-refractivity contribution in [3.05, 3.63) is 40.0 Å². The third kappa shape index (κ3) is 3.88. The predicted molar refractivity (Wildman–Crippen MR) is 114 cm³/mol. The second kappa shape index (κ2) is 8.36. The third-order valence-electron chi connectivity index (χ3n) is 4.92. The van der Waals surface area contributed by atoms with Crippen LogP contribution < -0.4 is 11.1 Å². The highest BCUT2D eigenvalue weighted by molar-refractivity contribution is 14.1. The van der Waals surface area contributed by atoms with E-state index in [9.17, 15) is 15.3 Å². The highest BCUT2D eigenvalue weighted by Gasteiger charge is 2.44. The summed E-state index contributed by atoms with van der Waals surface area (Å²) in [6, 6.07) is 5.93. The molecule has 0 amide bonds. The molecule has 2 aromatic heterocycles. The fourth-order valence-electron chi connectivity index (χ4n) is 3.33. The number of aromatic nitrogens is 4. The van der Waals surface area contributed by atoms with E-state index in [2.05, 4.69) is 42.9 Å². The number of anilines is 2.